The number of quaternary nitrogens is 1. The Hall–Kier alpha value is -0.120. The van der Waals surface area contributed by atoms with E-state index in [9.17, 15) is 5.11 Å². The molecule has 4 aliphatic rings. The van der Waals surface area contributed by atoms with Crippen LogP contribution in [0.25, 0.3) is 0 Å². The second-order valence-corrected chi connectivity index (χ2v) is 7.56. The first-order chi connectivity index (χ1) is 9.77. The third kappa shape index (κ3) is 3.55. The van der Waals surface area contributed by atoms with Crippen molar-refractivity contribution in [2.45, 2.75) is 57.5 Å². The quantitative estimate of drug-likeness (QED) is 0.596. The lowest BCUT2D eigenvalue weighted by Crippen LogP contribution is -2.63. The minimum absolute atomic E-state index is 0.00542. The van der Waals surface area contributed by atoms with E-state index in [-0.39, 0.29) is 6.10 Å². The highest BCUT2D eigenvalue weighted by atomic mass is 16.3. The monoisotopic (exact) mass is 281 g/mol. The molecule has 4 saturated heterocycles. The van der Waals surface area contributed by atoms with Crippen molar-refractivity contribution in [1.29, 1.82) is 0 Å². The van der Waals surface area contributed by atoms with Crippen molar-refractivity contribution in [2.75, 3.05) is 45.8 Å². The minimum Gasteiger partial charge on any atom is -0.387 e. The molecule has 0 radical (unpaired) electrons. The minimum atomic E-state index is 0.00542. The molecule has 1 atom stereocenters. The summed E-state index contributed by atoms with van der Waals surface area (Å²) in [7, 11) is 0. The van der Waals surface area contributed by atoms with Gasteiger partial charge in [0.05, 0.1) is 19.6 Å². The van der Waals surface area contributed by atoms with E-state index in [0.29, 0.717) is 5.92 Å². The fraction of sp³-hybridized carbons (Fsp3) is 1.00. The Balaban J connectivity index is 1.31. The average Bonchev–Trinajstić information content (AvgIpc) is 2.49. The number of aliphatic hydroxyl groups excluding tert-OH is 1. The van der Waals surface area contributed by atoms with Gasteiger partial charge in [0.2, 0.25) is 0 Å². The zero-order valence-corrected chi connectivity index (χ0v) is 13.1. The standard InChI is InChI=1S/C17H33N2O/c20-17-15-19(13-7-16(17)8-14-19)12-6-2-5-11-18-9-3-1-4-10-18/h16-17,20H,1-15H2/q+1. The van der Waals surface area contributed by atoms with Gasteiger partial charge in [-0.25, -0.2) is 0 Å². The number of aliphatic hydroxyl groups is 1. The van der Waals surface area contributed by atoms with Crippen LogP contribution < -0.4 is 0 Å². The van der Waals surface area contributed by atoms with Crippen LogP contribution in [0.2, 0.25) is 0 Å². The fourth-order valence-electron chi connectivity index (χ4n) is 4.71. The lowest BCUT2D eigenvalue weighted by Gasteiger charge is -2.51. The molecule has 20 heavy (non-hydrogen) atoms. The first-order valence-corrected chi connectivity index (χ1v) is 9.03. The van der Waals surface area contributed by atoms with E-state index in [4.69, 9.17) is 0 Å². The highest BCUT2D eigenvalue weighted by Crippen LogP contribution is 2.34. The Morgan fingerprint density at radius 1 is 0.950 bits per heavy atom. The van der Waals surface area contributed by atoms with Crippen molar-refractivity contribution in [1.82, 2.24) is 4.90 Å². The van der Waals surface area contributed by atoms with E-state index in [1.165, 1.54) is 95.1 Å². The Kier molecular flexibility index (Phi) is 5.00. The van der Waals surface area contributed by atoms with Crippen molar-refractivity contribution in [3.05, 3.63) is 0 Å². The highest BCUT2D eigenvalue weighted by Gasteiger charge is 2.44. The van der Waals surface area contributed by atoms with Crippen molar-refractivity contribution in [3.63, 3.8) is 0 Å². The molecule has 116 valence electrons. The topological polar surface area (TPSA) is 23.5 Å². The molecule has 1 N–H and O–H groups in total. The van der Waals surface area contributed by atoms with Gasteiger partial charge in [-0.05, 0) is 51.7 Å². The lowest BCUT2D eigenvalue weighted by atomic mass is 9.83. The zero-order valence-electron chi connectivity index (χ0n) is 13.1. The molecule has 0 amide bonds. The number of rotatable bonds is 6. The molecular formula is C17H33N2O+. The molecule has 4 heterocycles. The van der Waals surface area contributed by atoms with Crippen molar-refractivity contribution in [3.8, 4) is 0 Å². The maximum absolute atomic E-state index is 10.1. The van der Waals surface area contributed by atoms with Crippen LogP contribution in [0.1, 0.15) is 51.4 Å². The number of nitrogens with zero attached hydrogens (tertiary/aromatic N) is 2. The maximum atomic E-state index is 10.1. The summed E-state index contributed by atoms with van der Waals surface area (Å²) in [6, 6.07) is 0. The summed E-state index contributed by atoms with van der Waals surface area (Å²) in [5.41, 5.74) is 0. The summed E-state index contributed by atoms with van der Waals surface area (Å²) in [6.07, 6.45) is 11.0. The predicted molar refractivity (Wildman–Crippen MR) is 82.6 cm³/mol. The van der Waals surface area contributed by atoms with Crippen LogP contribution in [-0.2, 0) is 0 Å². The van der Waals surface area contributed by atoms with Crippen LogP contribution in [0.4, 0.5) is 0 Å². The third-order valence-electron chi connectivity index (χ3n) is 6.12. The Labute approximate surface area is 124 Å². The SMILES string of the molecule is OC1C[N+]2(CCCCCN3CCCCC3)CCC1CC2. The van der Waals surface area contributed by atoms with Gasteiger partial charge < -0.3 is 14.5 Å². The molecule has 4 fully saturated rings. The van der Waals surface area contributed by atoms with Crippen molar-refractivity contribution in [2.24, 2.45) is 5.92 Å². The average molecular weight is 281 g/mol. The van der Waals surface area contributed by atoms with Crippen LogP contribution in [0.3, 0.4) is 0 Å². The molecular weight excluding hydrogens is 248 g/mol. The van der Waals surface area contributed by atoms with Crippen LogP contribution in [0.15, 0.2) is 0 Å². The third-order valence-corrected chi connectivity index (χ3v) is 6.12. The molecule has 2 bridgehead atoms. The van der Waals surface area contributed by atoms with Gasteiger partial charge in [-0.2, -0.15) is 0 Å². The predicted octanol–water partition coefficient (Wildman–Crippen LogP) is 2.24. The van der Waals surface area contributed by atoms with Crippen molar-refractivity contribution < 1.29 is 9.59 Å². The fourth-order valence-corrected chi connectivity index (χ4v) is 4.71. The van der Waals surface area contributed by atoms with E-state index >= 15 is 0 Å². The van der Waals surface area contributed by atoms with Crippen LogP contribution in [-0.4, -0.2) is 66.4 Å². The molecule has 4 rings (SSSR count). The normalized spacial score (nSPS) is 38.2. The Morgan fingerprint density at radius 2 is 1.70 bits per heavy atom. The first kappa shape index (κ1) is 14.8. The van der Waals surface area contributed by atoms with Gasteiger partial charge in [-0.1, -0.05) is 6.42 Å². The first-order valence-electron chi connectivity index (χ1n) is 9.03. The van der Waals surface area contributed by atoms with Gasteiger partial charge in [-0.3, -0.25) is 0 Å². The van der Waals surface area contributed by atoms with Gasteiger partial charge in [-0.15, -0.1) is 0 Å². The van der Waals surface area contributed by atoms with E-state index in [1.54, 1.807) is 0 Å². The summed E-state index contributed by atoms with van der Waals surface area (Å²) < 4.78 is 1.24. The molecule has 0 aromatic heterocycles. The number of hydrogen-bond acceptors (Lipinski definition) is 2. The highest BCUT2D eigenvalue weighted by molar-refractivity contribution is 4.79. The van der Waals surface area contributed by atoms with Crippen LogP contribution >= 0.6 is 0 Å². The number of fused-ring (bicyclic) bond motifs is 3. The number of piperidine rings is 4. The van der Waals surface area contributed by atoms with Gasteiger partial charge >= 0.3 is 0 Å². The molecule has 4 aliphatic heterocycles. The van der Waals surface area contributed by atoms with E-state index < -0.39 is 0 Å². The van der Waals surface area contributed by atoms with Gasteiger partial charge in [0.1, 0.15) is 12.6 Å². The van der Waals surface area contributed by atoms with E-state index in [1.807, 2.05) is 0 Å². The number of hydrogen-bond donors (Lipinski definition) is 1. The lowest BCUT2D eigenvalue weighted by molar-refractivity contribution is -0.946. The molecule has 3 heteroatoms. The summed E-state index contributed by atoms with van der Waals surface area (Å²) in [5, 5.41) is 10.1. The zero-order chi connectivity index (χ0) is 13.8. The summed E-state index contributed by atoms with van der Waals surface area (Å²) >= 11 is 0. The van der Waals surface area contributed by atoms with Crippen molar-refractivity contribution >= 4 is 0 Å². The second kappa shape index (κ2) is 6.76. The maximum Gasteiger partial charge on any atom is 0.106 e. The smallest absolute Gasteiger partial charge is 0.106 e. The molecule has 1 unspecified atom stereocenters. The molecule has 0 spiro atoms. The Morgan fingerprint density at radius 3 is 2.40 bits per heavy atom. The van der Waals surface area contributed by atoms with Gasteiger partial charge in [0.25, 0.3) is 0 Å². The largest absolute Gasteiger partial charge is 0.387 e. The molecule has 0 aromatic carbocycles. The molecule has 0 aromatic rings. The van der Waals surface area contributed by atoms with Gasteiger partial charge in [0.15, 0.2) is 0 Å². The van der Waals surface area contributed by atoms with Crippen LogP contribution in [0, 0.1) is 5.92 Å². The van der Waals surface area contributed by atoms with E-state index in [0.717, 1.165) is 6.54 Å². The summed E-state index contributed by atoms with van der Waals surface area (Å²) in [4.78, 5) is 2.66. The Bertz CT molecular complexity index is 293. The molecule has 3 nitrogen and oxygen atoms in total. The number of likely N-dealkylation sites (tertiary alicyclic amines) is 1. The summed E-state index contributed by atoms with van der Waals surface area (Å²) in [6.45, 7) is 9.06. The van der Waals surface area contributed by atoms with E-state index in [2.05, 4.69) is 4.90 Å². The molecule has 0 saturated carbocycles. The second-order valence-electron chi connectivity index (χ2n) is 7.56. The van der Waals surface area contributed by atoms with Crippen LogP contribution in [0.5, 0.6) is 0 Å². The van der Waals surface area contributed by atoms with Gasteiger partial charge in [0, 0.05) is 18.8 Å². The molecule has 0 aliphatic carbocycles. The summed E-state index contributed by atoms with van der Waals surface area (Å²) in [5.74, 6) is 0.633. The number of unbranched alkanes of at least 4 members (excludes halogenated alkanes) is 2.